The first kappa shape index (κ1) is 13.2. The number of nitrogens with zero attached hydrogens (tertiary/aromatic N) is 3. The summed E-state index contributed by atoms with van der Waals surface area (Å²) in [5.74, 6) is 0.187. The summed E-state index contributed by atoms with van der Waals surface area (Å²) in [5.41, 5.74) is 1.01. The van der Waals surface area contributed by atoms with Crippen LogP contribution in [0.5, 0.6) is 0 Å². The molecule has 0 unspecified atom stereocenters. The molecule has 19 heavy (non-hydrogen) atoms. The van der Waals surface area contributed by atoms with Gasteiger partial charge < -0.3 is 5.32 Å². The van der Waals surface area contributed by atoms with Crippen molar-refractivity contribution in [3.63, 3.8) is 0 Å². The summed E-state index contributed by atoms with van der Waals surface area (Å²) in [7, 11) is 0. The molecule has 0 saturated carbocycles. The SMILES string of the molecule is O=[N+]([O-])c1ccc(Cl)nc1NCCc1ccncc1. The average molecular weight is 279 g/mol. The molecule has 7 heteroatoms. The summed E-state index contributed by atoms with van der Waals surface area (Å²) in [6, 6.07) is 6.51. The van der Waals surface area contributed by atoms with Crippen molar-refractivity contribution in [2.24, 2.45) is 0 Å². The highest BCUT2D eigenvalue weighted by molar-refractivity contribution is 6.29. The van der Waals surface area contributed by atoms with Gasteiger partial charge in [-0.2, -0.15) is 0 Å². The molecule has 0 aliphatic carbocycles. The van der Waals surface area contributed by atoms with Crippen LogP contribution in [0.15, 0.2) is 36.7 Å². The average Bonchev–Trinajstić information content (AvgIpc) is 2.39. The highest BCUT2D eigenvalue weighted by Gasteiger charge is 2.14. The molecular formula is C12H11ClN4O2. The first-order valence-corrected chi connectivity index (χ1v) is 5.98. The smallest absolute Gasteiger partial charge is 0.311 e. The number of hydrogen-bond acceptors (Lipinski definition) is 5. The fourth-order valence-electron chi connectivity index (χ4n) is 1.58. The molecule has 0 atom stereocenters. The van der Waals surface area contributed by atoms with Crippen LogP contribution in [0.2, 0.25) is 5.15 Å². The van der Waals surface area contributed by atoms with E-state index in [9.17, 15) is 10.1 Å². The Kier molecular flexibility index (Phi) is 4.25. The van der Waals surface area contributed by atoms with Gasteiger partial charge in [-0.15, -0.1) is 0 Å². The number of nitro groups is 1. The van der Waals surface area contributed by atoms with Crippen molar-refractivity contribution in [2.75, 3.05) is 11.9 Å². The van der Waals surface area contributed by atoms with Gasteiger partial charge in [0.1, 0.15) is 5.15 Å². The Morgan fingerprint density at radius 1 is 1.26 bits per heavy atom. The highest BCUT2D eigenvalue weighted by Crippen LogP contribution is 2.23. The molecule has 0 radical (unpaired) electrons. The second-order valence-corrected chi connectivity index (χ2v) is 4.18. The van der Waals surface area contributed by atoms with E-state index in [1.165, 1.54) is 12.1 Å². The molecule has 0 saturated heterocycles. The van der Waals surface area contributed by atoms with Gasteiger partial charge in [-0.3, -0.25) is 15.1 Å². The van der Waals surface area contributed by atoms with Crippen molar-refractivity contribution in [3.05, 3.63) is 57.5 Å². The third kappa shape index (κ3) is 3.62. The standard InChI is InChI=1S/C12H11ClN4O2/c13-11-2-1-10(17(18)19)12(16-11)15-8-5-9-3-6-14-7-4-9/h1-4,6-7H,5,8H2,(H,15,16). The van der Waals surface area contributed by atoms with E-state index in [2.05, 4.69) is 15.3 Å². The van der Waals surface area contributed by atoms with Crippen molar-refractivity contribution in [3.8, 4) is 0 Å². The molecule has 0 fully saturated rings. The van der Waals surface area contributed by atoms with Gasteiger partial charge in [-0.1, -0.05) is 11.6 Å². The largest absolute Gasteiger partial charge is 0.364 e. The van der Waals surface area contributed by atoms with Crippen molar-refractivity contribution in [1.82, 2.24) is 9.97 Å². The summed E-state index contributed by atoms with van der Waals surface area (Å²) in [6.07, 6.45) is 4.12. The van der Waals surface area contributed by atoms with E-state index >= 15 is 0 Å². The fraction of sp³-hybridized carbons (Fsp3) is 0.167. The second-order valence-electron chi connectivity index (χ2n) is 3.79. The zero-order valence-corrected chi connectivity index (χ0v) is 10.7. The molecule has 2 aromatic rings. The third-order valence-corrected chi connectivity index (χ3v) is 2.70. The molecule has 0 spiro atoms. The van der Waals surface area contributed by atoms with E-state index in [1.807, 2.05) is 12.1 Å². The van der Waals surface area contributed by atoms with Crippen LogP contribution in [0.4, 0.5) is 11.5 Å². The van der Waals surface area contributed by atoms with Crippen LogP contribution in [0.3, 0.4) is 0 Å². The van der Waals surface area contributed by atoms with Gasteiger partial charge in [0.05, 0.1) is 4.92 Å². The number of rotatable bonds is 5. The third-order valence-electron chi connectivity index (χ3n) is 2.49. The van der Waals surface area contributed by atoms with Crippen LogP contribution in [0.1, 0.15) is 5.56 Å². The van der Waals surface area contributed by atoms with Gasteiger partial charge in [0.15, 0.2) is 0 Å². The Balaban J connectivity index is 2.03. The summed E-state index contributed by atoms with van der Waals surface area (Å²) in [6.45, 7) is 0.526. The van der Waals surface area contributed by atoms with Crippen molar-refractivity contribution >= 4 is 23.1 Å². The summed E-state index contributed by atoms with van der Waals surface area (Å²) < 4.78 is 0. The summed E-state index contributed by atoms with van der Waals surface area (Å²) in [5, 5.41) is 14.0. The Labute approximate surface area is 114 Å². The molecule has 0 aromatic carbocycles. The zero-order chi connectivity index (χ0) is 13.7. The Hall–Kier alpha value is -2.21. The van der Waals surface area contributed by atoms with Crippen LogP contribution in [0, 0.1) is 10.1 Å². The molecule has 98 valence electrons. The topological polar surface area (TPSA) is 81.0 Å². The van der Waals surface area contributed by atoms with Crippen LogP contribution in [-0.4, -0.2) is 21.4 Å². The molecule has 2 rings (SSSR count). The number of aromatic nitrogens is 2. The van der Waals surface area contributed by atoms with Gasteiger partial charge in [0.25, 0.3) is 0 Å². The minimum Gasteiger partial charge on any atom is -0.364 e. The monoisotopic (exact) mass is 278 g/mol. The quantitative estimate of drug-likeness (QED) is 0.517. The van der Waals surface area contributed by atoms with Crippen molar-refractivity contribution in [1.29, 1.82) is 0 Å². The summed E-state index contributed by atoms with van der Waals surface area (Å²) >= 11 is 5.74. The Morgan fingerprint density at radius 3 is 2.68 bits per heavy atom. The minimum absolute atomic E-state index is 0.0841. The molecular weight excluding hydrogens is 268 g/mol. The zero-order valence-electron chi connectivity index (χ0n) is 9.91. The first-order chi connectivity index (χ1) is 9.16. The predicted octanol–water partition coefficient (Wildman–Crippen LogP) is 2.69. The lowest BCUT2D eigenvalue weighted by Crippen LogP contribution is -2.08. The molecule has 0 bridgehead atoms. The number of pyridine rings is 2. The maximum atomic E-state index is 10.8. The molecule has 2 aromatic heterocycles. The lowest BCUT2D eigenvalue weighted by atomic mass is 10.2. The minimum atomic E-state index is -0.488. The number of halogens is 1. The fourth-order valence-corrected chi connectivity index (χ4v) is 1.73. The van der Waals surface area contributed by atoms with Gasteiger partial charge in [0, 0.05) is 25.0 Å². The van der Waals surface area contributed by atoms with E-state index in [1.54, 1.807) is 12.4 Å². The van der Waals surface area contributed by atoms with Crippen LogP contribution >= 0.6 is 11.6 Å². The van der Waals surface area contributed by atoms with E-state index < -0.39 is 4.92 Å². The molecule has 0 amide bonds. The van der Waals surface area contributed by atoms with Crippen LogP contribution in [0.25, 0.3) is 0 Å². The number of nitrogens with one attached hydrogen (secondary N) is 1. The molecule has 1 N–H and O–H groups in total. The molecule has 6 nitrogen and oxygen atoms in total. The lowest BCUT2D eigenvalue weighted by molar-refractivity contribution is -0.384. The van der Waals surface area contributed by atoms with Gasteiger partial charge in [0.2, 0.25) is 5.82 Å². The molecule has 0 aliphatic rings. The lowest BCUT2D eigenvalue weighted by Gasteiger charge is -2.06. The van der Waals surface area contributed by atoms with Crippen LogP contribution < -0.4 is 5.32 Å². The Morgan fingerprint density at radius 2 is 2.00 bits per heavy atom. The van der Waals surface area contributed by atoms with Gasteiger partial charge >= 0.3 is 5.69 Å². The second kappa shape index (κ2) is 6.10. The van der Waals surface area contributed by atoms with E-state index in [0.29, 0.717) is 13.0 Å². The first-order valence-electron chi connectivity index (χ1n) is 5.60. The van der Waals surface area contributed by atoms with Gasteiger partial charge in [-0.25, -0.2) is 4.98 Å². The highest BCUT2D eigenvalue weighted by atomic mass is 35.5. The van der Waals surface area contributed by atoms with E-state index in [0.717, 1.165) is 5.56 Å². The normalized spacial score (nSPS) is 10.2. The maximum Gasteiger partial charge on any atom is 0.311 e. The Bertz CT molecular complexity index is 577. The maximum absolute atomic E-state index is 10.8. The van der Waals surface area contributed by atoms with Gasteiger partial charge in [-0.05, 0) is 30.2 Å². The predicted molar refractivity (Wildman–Crippen MR) is 72.3 cm³/mol. The molecule has 2 heterocycles. The van der Waals surface area contributed by atoms with Crippen molar-refractivity contribution < 1.29 is 4.92 Å². The number of hydrogen-bond donors (Lipinski definition) is 1. The number of anilines is 1. The molecule has 0 aliphatic heterocycles. The van der Waals surface area contributed by atoms with E-state index in [4.69, 9.17) is 11.6 Å². The van der Waals surface area contributed by atoms with Crippen LogP contribution in [-0.2, 0) is 6.42 Å². The van der Waals surface area contributed by atoms with Crippen molar-refractivity contribution in [2.45, 2.75) is 6.42 Å². The van der Waals surface area contributed by atoms with E-state index in [-0.39, 0.29) is 16.7 Å². The summed E-state index contributed by atoms with van der Waals surface area (Å²) in [4.78, 5) is 18.2.